The van der Waals surface area contributed by atoms with Crippen molar-refractivity contribution >= 4 is 0 Å². The molecule has 0 amide bonds. The van der Waals surface area contributed by atoms with Crippen molar-refractivity contribution in [3.63, 3.8) is 0 Å². The first-order chi connectivity index (χ1) is 10.9. The molecule has 4 aliphatic rings. The normalized spacial score (nSPS) is 41.0. The molecular weight excluding hydrogens is 276 g/mol. The third kappa shape index (κ3) is 2.13. The van der Waals surface area contributed by atoms with E-state index in [1.54, 1.807) is 11.1 Å². The molecule has 1 aromatic rings. The summed E-state index contributed by atoms with van der Waals surface area (Å²) in [5.74, 6) is 0.699. The Bertz CT molecular complexity index is 564. The minimum atomic E-state index is 0.111. The van der Waals surface area contributed by atoms with Gasteiger partial charge in [-0.25, -0.2) is 0 Å². The number of piperidine rings is 2. The molecule has 1 aromatic carbocycles. The van der Waals surface area contributed by atoms with Gasteiger partial charge in [-0.2, -0.15) is 0 Å². The van der Waals surface area contributed by atoms with Gasteiger partial charge < -0.3 is 9.47 Å². The van der Waals surface area contributed by atoms with Crippen molar-refractivity contribution < 1.29 is 9.47 Å². The van der Waals surface area contributed by atoms with Crippen molar-refractivity contribution in [3.8, 4) is 0 Å². The Morgan fingerprint density at radius 3 is 3.00 bits per heavy atom. The largest absolute Gasteiger partial charge is 0.372 e. The third-order valence-electron chi connectivity index (χ3n) is 6.00. The van der Waals surface area contributed by atoms with E-state index in [4.69, 9.17) is 9.47 Å². The second-order valence-electron chi connectivity index (χ2n) is 7.16. The van der Waals surface area contributed by atoms with Crippen molar-refractivity contribution in [2.45, 2.75) is 43.7 Å². The lowest BCUT2D eigenvalue weighted by Crippen LogP contribution is -2.63. The Morgan fingerprint density at radius 2 is 2.00 bits per heavy atom. The van der Waals surface area contributed by atoms with Gasteiger partial charge in [-0.15, -0.1) is 0 Å². The standard InChI is InChI=1S/C18H24N2O2/c1-2-4-14-12(3-1)5-6-20-11-13-9-17-18(22-8-7-21-17)19-15(13)10-16(14)20/h1-4,13,15-19H,5-11H2. The predicted octanol–water partition coefficient (Wildman–Crippen LogP) is 1.71. The van der Waals surface area contributed by atoms with Gasteiger partial charge >= 0.3 is 0 Å². The first-order valence-corrected chi connectivity index (χ1v) is 8.69. The van der Waals surface area contributed by atoms with Gasteiger partial charge in [-0.05, 0) is 36.3 Å². The van der Waals surface area contributed by atoms with Crippen LogP contribution in [0, 0.1) is 5.92 Å². The maximum absolute atomic E-state index is 5.92. The number of benzene rings is 1. The number of ether oxygens (including phenoxy) is 2. The van der Waals surface area contributed by atoms with E-state index < -0.39 is 0 Å². The minimum Gasteiger partial charge on any atom is -0.372 e. The highest BCUT2D eigenvalue weighted by molar-refractivity contribution is 5.33. The number of hydrogen-bond acceptors (Lipinski definition) is 4. The summed E-state index contributed by atoms with van der Waals surface area (Å²) in [5, 5.41) is 3.75. The molecule has 0 aliphatic carbocycles. The molecule has 22 heavy (non-hydrogen) atoms. The van der Waals surface area contributed by atoms with Crippen LogP contribution in [0.3, 0.4) is 0 Å². The van der Waals surface area contributed by atoms with Gasteiger partial charge in [0.2, 0.25) is 0 Å². The molecule has 118 valence electrons. The number of hydrogen-bond donors (Lipinski definition) is 1. The lowest BCUT2D eigenvalue weighted by Gasteiger charge is -2.52. The fourth-order valence-electron chi connectivity index (χ4n) is 4.93. The van der Waals surface area contributed by atoms with Crippen LogP contribution in [0.5, 0.6) is 0 Å². The van der Waals surface area contributed by atoms with E-state index in [0.29, 0.717) is 18.0 Å². The summed E-state index contributed by atoms with van der Waals surface area (Å²) in [6, 6.07) is 10.2. The fourth-order valence-corrected chi connectivity index (χ4v) is 4.93. The second-order valence-corrected chi connectivity index (χ2v) is 7.16. The first kappa shape index (κ1) is 13.5. The van der Waals surface area contributed by atoms with Gasteiger partial charge in [0, 0.05) is 25.2 Å². The van der Waals surface area contributed by atoms with Crippen LogP contribution in [0.15, 0.2) is 24.3 Å². The minimum absolute atomic E-state index is 0.111. The summed E-state index contributed by atoms with van der Waals surface area (Å²) in [6.07, 6.45) is 3.91. The van der Waals surface area contributed by atoms with Crippen molar-refractivity contribution in [2.24, 2.45) is 5.92 Å². The molecule has 0 bridgehead atoms. The summed E-state index contributed by atoms with van der Waals surface area (Å²) in [4.78, 5) is 2.70. The Balaban J connectivity index is 1.40. The lowest BCUT2D eigenvalue weighted by molar-refractivity contribution is -0.185. The highest BCUT2D eigenvalue weighted by Gasteiger charge is 2.45. The molecule has 0 aromatic heterocycles. The highest BCUT2D eigenvalue weighted by atomic mass is 16.6. The molecular formula is C18H24N2O2. The quantitative estimate of drug-likeness (QED) is 0.791. The van der Waals surface area contributed by atoms with Crippen molar-refractivity contribution in [2.75, 3.05) is 26.3 Å². The Hall–Kier alpha value is -0.940. The maximum atomic E-state index is 5.92. The molecule has 1 N–H and O–H groups in total. The van der Waals surface area contributed by atoms with Crippen molar-refractivity contribution in [3.05, 3.63) is 35.4 Å². The van der Waals surface area contributed by atoms with E-state index in [1.165, 1.54) is 25.9 Å². The molecule has 5 atom stereocenters. The second kappa shape index (κ2) is 5.31. The zero-order valence-corrected chi connectivity index (χ0v) is 12.9. The molecule has 3 saturated heterocycles. The van der Waals surface area contributed by atoms with Gasteiger partial charge in [-0.1, -0.05) is 24.3 Å². The lowest BCUT2D eigenvalue weighted by atomic mass is 9.76. The molecule has 5 unspecified atom stereocenters. The zero-order chi connectivity index (χ0) is 14.5. The number of nitrogens with zero attached hydrogens (tertiary/aromatic N) is 1. The summed E-state index contributed by atoms with van der Waals surface area (Å²) in [6.45, 7) is 3.88. The number of rotatable bonds is 0. The predicted molar refractivity (Wildman–Crippen MR) is 83.6 cm³/mol. The van der Waals surface area contributed by atoms with Gasteiger partial charge in [0.05, 0.1) is 19.3 Å². The third-order valence-corrected chi connectivity index (χ3v) is 6.00. The van der Waals surface area contributed by atoms with Crippen LogP contribution in [-0.2, 0) is 15.9 Å². The van der Waals surface area contributed by atoms with Crippen LogP contribution >= 0.6 is 0 Å². The van der Waals surface area contributed by atoms with E-state index in [-0.39, 0.29) is 12.3 Å². The Labute approximate surface area is 131 Å². The summed E-state index contributed by atoms with van der Waals surface area (Å²) >= 11 is 0. The molecule has 3 fully saturated rings. The van der Waals surface area contributed by atoms with Crippen LogP contribution in [0.1, 0.15) is 30.0 Å². The number of nitrogens with one attached hydrogen (secondary N) is 1. The summed E-state index contributed by atoms with van der Waals surface area (Å²) < 4.78 is 11.8. The average molecular weight is 300 g/mol. The fraction of sp³-hybridized carbons (Fsp3) is 0.667. The van der Waals surface area contributed by atoms with Crippen LogP contribution in [0.25, 0.3) is 0 Å². The summed E-state index contributed by atoms with van der Waals surface area (Å²) in [7, 11) is 0. The zero-order valence-electron chi connectivity index (χ0n) is 12.9. The van der Waals surface area contributed by atoms with Gasteiger partial charge in [-0.3, -0.25) is 10.2 Å². The van der Waals surface area contributed by atoms with Crippen LogP contribution in [0.2, 0.25) is 0 Å². The molecule has 4 heteroatoms. The monoisotopic (exact) mass is 300 g/mol. The van der Waals surface area contributed by atoms with Crippen LogP contribution in [-0.4, -0.2) is 49.6 Å². The van der Waals surface area contributed by atoms with Crippen molar-refractivity contribution in [1.29, 1.82) is 0 Å². The van der Waals surface area contributed by atoms with Crippen LogP contribution < -0.4 is 5.32 Å². The molecule has 0 saturated carbocycles. The molecule has 0 radical (unpaired) electrons. The molecule has 5 rings (SSSR count). The Morgan fingerprint density at radius 1 is 1.09 bits per heavy atom. The van der Waals surface area contributed by atoms with Gasteiger partial charge in [0.25, 0.3) is 0 Å². The smallest absolute Gasteiger partial charge is 0.134 e. The van der Waals surface area contributed by atoms with Gasteiger partial charge in [0.1, 0.15) is 6.23 Å². The molecule has 4 aliphatic heterocycles. The maximum Gasteiger partial charge on any atom is 0.134 e. The topological polar surface area (TPSA) is 33.7 Å². The SMILES string of the molecule is c1ccc2c(c1)CCN1CC3CC4OCCOC4NC3CC21. The highest BCUT2D eigenvalue weighted by Crippen LogP contribution is 2.41. The summed E-state index contributed by atoms with van der Waals surface area (Å²) in [5.41, 5.74) is 3.10. The average Bonchev–Trinajstić information content (AvgIpc) is 2.58. The number of fused-ring (bicyclic) bond motifs is 5. The van der Waals surface area contributed by atoms with E-state index in [2.05, 4.69) is 34.5 Å². The molecule has 0 spiro atoms. The van der Waals surface area contributed by atoms with Crippen molar-refractivity contribution in [1.82, 2.24) is 10.2 Å². The van der Waals surface area contributed by atoms with E-state index in [1.807, 2.05) is 0 Å². The van der Waals surface area contributed by atoms with E-state index in [0.717, 1.165) is 19.6 Å². The molecule has 4 heterocycles. The van der Waals surface area contributed by atoms with E-state index >= 15 is 0 Å². The molecule has 4 nitrogen and oxygen atoms in total. The van der Waals surface area contributed by atoms with Crippen LogP contribution in [0.4, 0.5) is 0 Å². The Kier molecular flexibility index (Phi) is 3.25. The van der Waals surface area contributed by atoms with E-state index in [9.17, 15) is 0 Å². The first-order valence-electron chi connectivity index (χ1n) is 8.69. The van der Waals surface area contributed by atoms with Gasteiger partial charge in [0.15, 0.2) is 0 Å².